The third-order valence-electron chi connectivity index (χ3n) is 3.71. The van der Waals surface area contributed by atoms with E-state index in [4.69, 9.17) is 4.42 Å². The normalized spacial score (nSPS) is 12.4. The van der Waals surface area contributed by atoms with Crippen LogP contribution in [0, 0.1) is 6.92 Å². The first-order valence-electron chi connectivity index (χ1n) is 7.74. The molecule has 5 nitrogen and oxygen atoms in total. The number of rotatable bonds is 7. The number of H-pyrrole nitrogens is 1. The average Bonchev–Trinajstić information content (AvgIpc) is 3.17. The second kappa shape index (κ2) is 7.26. The molecule has 0 aliphatic carbocycles. The van der Waals surface area contributed by atoms with Gasteiger partial charge in [-0.25, -0.2) is 0 Å². The van der Waals surface area contributed by atoms with Gasteiger partial charge in [0.1, 0.15) is 11.5 Å². The molecule has 2 aromatic heterocycles. The van der Waals surface area contributed by atoms with Gasteiger partial charge >= 0.3 is 0 Å². The first kappa shape index (κ1) is 15.5. The topological polar surface area (TPSA) is 74.1 Å². The van der Waals surface area contributed by atoms with Crippen LogP contribution in [0.25, 0.3) is 11.5 Å². The minimum absolute atomic E-state index is 0.418. The summed E-state index contributed by atoms with van der Waals surface area (Å²) < 4.78 is 5.63. The molecule has 0 radical (unpaired) electrons. The maximum absolute atomic E-state index is 10.1. The maximum atomic E-state index is 10.1. The molecule has 120 valence electrons. The highest BCUT2D eigenvalue weighted by atomic mass is 16.3. The molecule has 0 saturated heterocycles. The number of aromatic nitrogens is 2. The molecule has 5 heteroatoms. The highest BCUT2D eigenvalue weighted by molar-refractivity contribution is 5.56. The fourth-order valence-electron chi connectivity index (χ4n) is 2.56. The van der Waals surface area contributed by atoms with Gasteiger partial charge in [0.05, 0.1) is 12.3 Å². The summed E-state index contributed by atoms with van der Waals surface area (Å²) in [5.74, 6) is 1.65. The van der Waals surface area contributed by atoms with Crippen molar-refractivity contribution in [1.82, 2.24) is 15.5 Å². The Labute approximate surface area is 135 Å². The zero-order valence-electron chi connectivity index (χ0n) is 13.1. The summed E-state index contributed by atoms with van der Waals surface area (Å²) in [5, 5.41) is 20.4. The molecule has 0 spiro atoms. The number of hydrogen-bond acceptors (Lipinski definition) is 4. The van der Waals surface area contributed by atoms with E-state index in [0.717, 1.165) is 28.3 Å². The molecule has 0 aliphatic heterocycles. The summed E-state index contributed by atoms with van der Waals surface area (Å²) in [6.45, 7) is 3.06. The van der Waals surface area contributed by atoms with Gasteiger partial charge in [-0.2, -0.15) is 5.10 Å². The molecule has 3 N–H and O–H groups in total. The number of benzene rings is 1. The van der Waals surface area contributed by atoms with E-state index in [9.17, 15) is 5.11 Å². The largest absolute Gasteiger partial charge is 0.460 e. The van der Waals surface area contributed by atoms with E-state index in [1.165, 1.54) is 0 Å². The van der Waals surface area contributed by atoms with Gasteiger partial charge < -0.3 is 14.8 Å². The first-order chi connectivity index (χ1) is 11.2. The van der Waals surface area contributed by atoms with Crippen molar-refractivity contribution >= 4 is 0 Å². The molecule has 1 atom stereocenters. The lowest BCUT2D eigenvalue weighted by atomic mass is 10.1. The third-order valence-corrected chi connectivity index (χ3v) is 3.71. The van der Waals surface area contributed by atoms with Crippen LogP contribution in [-0.4, -0.2) is 28.0 Å². The Morgan fingerprint density at radius 3 is 2.78 bits per heavy atom. The van der Waals surface area contributed by atoms with Gasteiger partial charge in [-0.3, -0.25) is 5.10 Å². The molecule has 3 rings (SSSR count). The molecule has 0 saturated carbocycles. The molecule has 0 bridgehead atoms. The highest BCUT2D eigenvalue weighted by Crippen LogP contribution is 2.23. The van der Waals surface area contributed by atoms with Gasteiger partial charge in [-0.05, 0) is 31.0 Å². The summed E-state index contributed by atoms with van der Waals surface area (Å²) >= 11 is 0. The molecule has 1 unspecified atom stereocenters. The Morgan fingerprint density at radius 2 is 2.04 bits per heavy atom. The van der Waals surface area contributed by atoms with Gasteiger partial charge in [0, 0.05) is 18.7 Å². The zero-order chi connectivity index (χ0) is 16.1. The van der Waals surface area contributed by atoms with Crippen LogP contribution in [0.1, 0.15) is 16.9 Å². The van der Waals surface area contributed by atoms with Crippen molar-refractivity contribution in [3.8, 4) is 11.5 Å². The summed E-state index contributed by atoms with van der Waals surface area (Å²) in [7, 11) is 0. The third kappa shape index (κ3) is 4.09. The molecule has 1 aromatic carbocycles. The number of furan rings is 1. The Morgan fingerprint density at radius 1 is 1.22 bits per heavy atom. The van der Waals surface area contributed by atoms with Gasteiger partial charge in [-0.1, -0.05) is 30.3 Å². The zero-order valence-corrected chi connectivity index (χ0v) is 13.1. The van der Waals surface area contributed by atoms with Crippen LogP contribution in [0.2, 0.25) is 0 Å². The Kier molecular flexibility index (Phi) is 4.90. The van der Waals surface area contributed by atoms with Crippen LogP contribution in [0.15, 0.2) is 53.1 Å². The number of aromatic amines is 1. The van der Waals surface area contributed by atoms with Crippen molar-refractivity contribution in [2.45, 2.75) is 26.0 Å². The highest BCUT2D eigenvalue weighted by Gasteiger charge is 2.12. The van der Waals surface area contributed by atoms with E-state index in [-0.39, 0.29) is 0 Å². The van der Waals surface area contributed by atoms with E-state index in [0.29, 0.717) is 19.5 Å². The molecule has 23 heavy (non-hydrogen) atoms. The molecular formula is C18H21N3O2. The van der Waals surface area contributed by atoms with E-state index >= 15 is 0 Å². The fourth-order valence-corrected chi connectivity index (χ4v) is 2.56. The number of aliphatic hydroxyl groups is 1. The van der Waals surface area contributed by atoms with Crippen LogP contribution in [0.4, 0.5) is 0 Å². The summed E-state index contributed by atoms with van der Waals surface area (Å²) in [5.41, 5.74) is 3.03. The van der Waals surface area contributed by atoms with Crippen molar-refractivity contribution in [3.05, 3.63) is 65.5 Å². The van der Waals surface area contributed by atoms with Gasteiger partial charge in [0.25, 0.3) is 0 Å². The van der Waals surface area contributed by atoms with E-state index in [1.807, 2.05) is 49.4 Å². The average molecular weight is 311 g/mol. The van der Waals surface area contributed by atoms with Crippen molar-refractivity contribution in [3.63, 3.8) is 0 Å². The van der Waals surface area contributed by atoms with Crippen LogP contribution >= 0.6 is 0 Å². The Hall–Kier alpha value is -2.37. The molecular weight excluding hydrogens is 290 g/mol. The van der Waals surface area contributed by atoms with Crippen molar-refractivity contribution in [2.24, 2.45) is 0 Å². The molecule has 0 amide bonds. The van der Waals surface area contributed by atoms with E-state index in [1.54, 1.807) is 6.20 Å². The monoisotopic (exact) mass is 311 g/mol. The van der Waals surface area contributed by atoms with Gasteiger partial charge in [-0.15, -0.1) is 0 Å². The molecule has 0 fully saturated rings. The second-order valence-electron chi connectivity index (χ2n) is 5.65. The number of nitrogens with zero attached hydrogens (tertiary/aromatic N) is 1. The lowest BCUT2D eigenvalue weighted by Crippen LogP contribution is -2.28. The van der Waals surface area contributed by atoms with E-state index in [2.05, 4.69) is 15.5 Å². The predicted molar refractivity (Wildman–Crippen MR) is 88.9 cm³/mol. The van der Waals surface area contributed by atoms with Crippen molar-refractivity contribution < 1.29 is 9.52 Å². The van der Waals surface area contributed by atoms with Crippen LogP contribution in [0.5, 0.6) is 0 Å². The van der Waals surface area contributed by atoms with Gasteiger partial charge in [0.2, 0.25) is 0 Å². The van der Waals surface area contributed by atoms with Gasteiger partial charge in [0.15, 0.2) is 5.76 Å². The van der Waals surface area contributed by atoms with Crippen LogP contribution in [-0.2, 0) is 13.0 Å². The minimum Gasteiger partial charge on any atom is -0.460 e. The lowest BCUT2D eigenvalue weighted by Gasteiger charge is -2.11. The first-order valence-corrected chi connectivity index (χ1v) is 7.74. The quantitative estimate of drug-likeness (QED) is 0.627. The summed E-state index contributed by atoms with van der Waals surface area (Å²) in [4.78, 5) is 0. The molecule has 0 aliphatic rings. The predicted octanol–water partition coefficient (Wildman–Crippen LogP) is 2.67. The van der Waals surface area contributed by atoms with Crippen molar-refractivity contribution in [2.75, 3.05) is 6.54 Å². The fraction of sp³-hybridized carbons (Fsp3) is 0.278. The van der Waals surface area contributed by atoms with Crippen LogP contribution < -0.4 is 5.32 Å². The summed E-state index contributed by atoms with van der Waals surface area (Å²) in [6, 6.07) is 13.9. The molecule has 3 aromatic rings. The van der Waals surface area contributed by atoms with Crippen LogP contribution in [0.3, 0.4) is 0 Å². The second-order valence-corrected chi connectivity index (χ2v) is 5.65. The number of aliphatic hydroxyl groups excluding tert-OH is 1. The Bertz CT molecular complexity index is 734. The molecule has 2 heterocycles. The van der Waals surface area contributed by atoms with Crippen molar-refractivity contribution in [1.29, 1.82) is 0 Å². The number of hydrogen-bond donors (Lipinski definition) is 3. The number of nitrogens with one attached hydrogen (secondary N) is 2. The lowest BCUT2D eigenvalue weighted by molar-refractivity contribution is 0.171. The maximum Gasteiger partial charge on any atom is 0.152 e. The SMILES string of the molecule is Cc1ccc(-c2[nH]ncc2CNCC(O)Cc2ccccc2)o1. The minimum atomic E-state index is -0.418. The Balaban J connectivity index is 1.52. The van der Waals surface area contributed by atoms with E-state index < -0.39 is 6.10 Å². The number of aryl methyl sites for hydroxylation is 1. The smallest absolute Gasteiger partial charge is 0.152 e. The standard InChI is InChI=1S/C18H21N3O2/c1-13-7-8-17(23-13)18-15(11-20-21-18)10-19-12-16(22)9-14-5-3-2-4-6-14/h2-8,11,16,19,22H,9-10,12H2,1H3,(H,20,21). The summed E-state index contributed by atoms with van der Waals surface area (Å²) in [6.07, 6.45) is 2.01.